The summed E-state index contributed by atoms with van der Waals surface area (Å²) in [5, 5.41) is 3.98. The standard InChI is InChI=1S/C20H19BrClN3O/c1-12(14-6-4-7-15(21)10-14)23-19-11-17(24-13(2)25-19)16-8-5-9-18(26-3)20(16)22/h4-12H,1-3H3,(H,23,24,25). The quantitative estimate of drug-likeness (QED) is 0.533. The fourth-order valence-corrected chi connectivity index (χ4v) is 3.44. The van der Waals surface area contributed by atoms with Crippen molar-refractivity contribution in [3.63, 3.8) is 0 Å². The Kier molecular flexibility index (Phi) is 5.79. The van der Waals surface area contributed by atoms with Gasteiger partial charge in [0, 0.05) is 22.1 Å². The summed E-state index contributed by atoms with van der Waals surface area (Å²) in [4.78, 5) is 9.05. The molecule has 0 amide bonds. The first-order valence-corrected chi connectivity index (χ1v) is 9.35. The number of aryl methyl sites for hydroxylation is 1. The second kappa shape index (κ2) is 8.06. The van der Waals surface area contributed by atoms with Gasteiger partial charge in [-0.2, -0.15) is 0 Å². The van der Waals surface area contributed by atoms with E-state index in [-0.39, 0.29) is 6.04 Å². The smallest absolute Gasteiger partial charge is 0.138 e. The number of anilines is 1. The van der Waals surface area contributed by atoms with Gasteiger partial charge in [0.2, 0.25) is 0 Å². The SMILES string of the molecule is COc1cccc(-c2cc(NC(C)c3cccc(Br)c3)nc(C)n2)c1Cl. The highest BCUT2D eigenvalue weighted by atomic mass is 79.9. The highest BCUT2D eigenvalue weighted by Crippen LogP contribution is 2.35. The summed E-state index contributed by atoms with van der Waals surface area (Å²) in [5.41, 5.74) is 2.73. The molecule has 1 atom stereocenters. The molecular weight excluding hydrogens is 414 g/mol. The lowest BCUT2D eigenvalue weighted by Gasteiger charge is -2.17. The van der Waals surface area contributed by atoms with Gasteiger partial charge in [-0.1, -0.05) is 51.8 Å². The minimum Gasteiger partial charge on any atom is -0.495 e. The molecule has 0 aliphatic heterocycles. The Morgan fingerprint density at radius 2 is 1.88 bits per heavy atom. The number of methoxy groups -OCH3 is 1. The molecule has 0 fully saturated rings. The molecule has 4 nitrogen and oxygen atoms in total. The average Bonchev–Trinajstić information content (AvgIpc) is 2.61. The molecule has 6 heteroatoms. The van der Waals surface area contributed by atoms with E-state index in [1.807, 2.05) is 43.3 Å². The van der Waals surface area contributed by atoms with Crippen molar-refractivity contribution in [2.24, 2.45) is 0 Å². The Labute approximate surface area is 166 Å². The number of nitrogens with zero attached hydrogens (tertiary/aromatic N) is 2. The fraction of sp³-hybridized carbons (Fsp3) is 0.200. The average molecular weight is 433 g/mol. The van der Waals surface area contributed by atoms with Crippen molar-refractivity contribution in [3.8, 4) is 17.0 Å². The van der Waals surface area contributed by atoms with Gasteiger partial charge < -0.3 is 10.1 Å². The van der Waals surface area contributed by atoms with Gasteiger partial charge in [-0.3, -0.25) is 0 Å². The third kappa shape index (κ3) is 4.17. The van der Waals surface area contributed by atoms with E-state index in [4.69, 9.17) is 16.3 Å². The molecule has 1 unspecified atom stereocenters. The van der Waals surface area contributed by atoms with Gasteiger partial charge >= 0.3 is 0 Å². The minimum atomic E-state index is 0.0930. The number of aromatic nitrogens is 2. The van der Waals surface area contributed by atoms with E-state index in [1.54, 1.807) is 7.11 Å². The summed E-state index contributed by atoms with van der Waals surface area (Å²) in [6.45, 7) is 3.96. The van der Waals surface area contributed by atoms with Crippen molar-refractivity contribution >= 4 is 33.3 Å². The first kappa shape index (κ1) is 18.7. The molecule has 0 bridgehead atoms. The Balaban J connectivity index is 1.93. The Hall–Kier alpha value is -2.11. The second-order valence-electron chi connectivity index (χ2n) is 5.93. The van der Waals surface area contributed by atoms with Crippen molar-refractivity contribution in [3.05, 3.63) is 69.4 Å². The first-order chi connectivity index (χ1) is 12.5. The highest BCUT2D eigenvalue weighted by Gasteiger charge is 2.13. The maximum atomic E-state index is 6.46. The molecule has 0 aliphatic carbocycles. The molecule has 0 saturated carbocycles. The van der Waals surface area contributed by atoms with Gasteiger partial charge in [-0.05, 0) is 37.6 Å². The number of rotatable bonds is 5. The van der Waals surface area contributed by atoms with Crippen molar-refractivity contribution in [1.82, 2.24) is 9.97 Å². The third-order valence-electron chi connectivity index (χ3n) is 4.01. The molecule has 1 aromatic heterocycles. The minimum absolute atomic E-state index is 0.0930. The van der Waals surface area contributed by atoms with Crippen LogP contribution in [0, 0.1) is 6.92 Å². The number of hydrogen-bond acceptors (Lipinski definition) is 4. The lowest BCUT2D eigenvalue weighted by Crippen LogP contribution is -2.09. The second-order valence-corrected chi connectivity index (χ2v) is 7.22. The number of hydrogen-bond donors (Lipinski definition) is 1. The zero-order chi connectivity index (χ0) is 18.7. The van der Waals surface area contributed by atoms with Crippen molar-refractivity contribution in [1.29, 1.82) is 0 Å². The summed E-state index contributed by atoms with van der Waals surface area (Å²) in [6, 6.07) is 15.8. The molecule has 3 rings (SSSR count). The van der Waals surface area contributed by atoms with Gasteiger partial charge in [-0.15, -0.1) is 0 Å². The van der Waals surface area contributed by atoms with Crippen LogP contribution in [0.15, 0.2) is 53.0 Å². The number of halogens is 2. The van der Waals surface area contributed by atoms with E-state index in [9.17, 15) is 0 Å². The van der Waals surface area contributed by atoms with Crippen LogP contribution in [0.25, 0.3) is 11.3 Å². The zero-order valence-corrected chi connectivity index (χ0v) is 17.1. The van der Waals surface area contributed by atoms with Crippen LogP contribution >= 0.6 is 27.5 Å². The lowest BCUT2D eigenvalue weighted by molar-refractivity contribution is 0.415. The monoisotopic (exact) mass is 431 g/mol. The van der Waals surface area contributed by atoms with E-state index in [0.717, 1.165) is 27.1 Å². The van der Waals surface area contributed by atoms with Crippen LogP contribution in [-0.2, 0) is 0 Å². The van der Waals surface area contributed by atoms with Crippen LogP contribution in [0.3, 0.4) is 0 Å². The van der Waals surface area contributed by atoms with Gasteiger partial charge in [0.15, 0.2) is 0 Å². The van der Waals surface area contributed by atoms with Crippen LogP contribution in [0.2, 0.25) is 5.02 Å². The number of nitrogens with one attached hydrogen (secondary N) is 1. The van der Waals surface area contributed by atoms with Gasteiger partial charge in [0.1, 0.15) is 17.4 Å². The van der Waals surface area contributed by atoms with Crippen molar-refractivity contribution < 1.29 is 4.74 Å². The van der Waals surface area contributed by atoms with Gasteiger partial charge in [-0.25, -0.2) is 9.97 Å². The largest absolute Gasteiger partial charge is 0.495 e. The Morgan fingerprint density at radius 3 is 2.62 bits per heavy atom. The van der Waals surface area contributed by atoms with Crippen LogP contribution in [-0.4, -0.2) is 17.1 Å². The van der Waals surface area contributed by atoms with Gasteiger partial charge in [0.05, 0.1) is 17.8 Å². The molecular formula is C20H19BrClN3O. The van der Waals surface area contributed by atoms with Crippen LogP contribution < -0.4 is 10.1 Å². The predicted octanol–water partition coefficient (Wildman–Crippen LogP) is 6.05. The van der Waals surface area contributed by atoms with E-state index >= 15 is 0 Å². The normalized spacial score (nSPS) is 11.9. The summed E-state index contributed by atoms with van der Waals surface area (Å²) >= 11 is 9.97. The zero-order valence-electron chi connectivity index (χ0n) is 14.8. The topological polar surface area (TPSA) is 47.0 Å². The highest BCUT2D eigenvalue weighted by molar-refractivity contribution is 9.10. The van der Waals surface area contributed by atoms with Crippen LogP contribution in [0.1, 0.15) is 24.4 Å². The van der Waals surface area contributed by atoms with Crippen molar-refractivity contribution in [2.45, 2.75) is 19.9 Å². The van der Waals surface area contributed by atoms with E-state index in [2.05, 4.69) is 50.3 Å². The summed E-state index contributed by atoms with van der Waals surface area (Å²) in [6.07, 6.45) is 0. The maximum Gasteiger partial charge on any atom is 0.138 e. The maximum absolute atomic E-state index is 6.46. The molecule has 2 aromatic carbocycles. The first-order valence-electron chi connectivity index (χ1n) is 8.18. The molecule has 0 spiro atoms. The van der Waals surface area contributed by atoms with Crippen LogP contribution in [0.4, 0.5) is 5.82 Å². The van der Waals surface area contributed by atoms with Crippen LogP contribution in [0.5, 0.6) is 5.75 Å². The van der Waals surface area contributed by atoms with E-state index in [1.165, 1.54) is 0 Å². The van der Waals surface area contributed by atoms with E-state index in [0.29, 0.717) is 16.6 Å². The summed E-state index contributed by atoms with van der Waals surface area (Å²) < 4.78 is 6.35. The third-order valence-corrected chi connectivity index (χ3v) is 4.89. The molecule has 3 aromatic rings. The predicted molar refractivity (Wildman–Crippen MR) is 110 cm³/mol. The number of ether oxygens (including phenoxy) is 1. The number of benzene rings is 2. The molecule has 26 heavy (non-hydrogen) atoms. The Bertz CT molecular complexity index is 933. The summed E-state index contributed by atoms with van der Waals surface area (Å²) in [5.74, 6) is 2.04. The molecule has 1 heterocycles. The molecule has 0 radical (unpaired) electrons. The van der Waals surface area contributed by atoms with Gasteiger partial charge in [0.25, 0.3) is 0 Å². The lowest BCUT2D eigenvalue weighted by atomic mass is 10.1. The molecule has 0 saturated heterocycles. The molecule has 1 N–H and O–H groups in total. The Morgan fingerprint density at radius 1 is 1.12 bits per heavy atom. The fourth-order valence-electron chi connectivity index (χ4n) is 2.73. The summed E-state index contributed by atoms with van der Waals surface area (Å²) in [7, 11) is 1.60. The molecule has 134 valence electrons. The van der Waals surface area contributed by atoms with E-state index < -0.39 is 0 Å². The molecule has 0 aliphatic rings. The van der Waals surface area contributed by atoms with Crippen molar-refractivity contribution in [2.75, 3.05) is 12.4 Å².